The minimum atomic E-state index is -4.09. The van der Waals surface area contributed by atoms with Crippen molar-refractivity contribution in [2.24, 2.45) is 0 Å². The van der Waals surface area contributed by atoms with E-state index in [1.54, 1.807) is 30.3 Å². The van der Waals surface area contributed by atoms with Gasteiger partial charge in [-0.3, -0.25) is 14.9 Å². The molecule has 2 aromatic carbocycles. The Labute approximate surface area is 194 Å². The number of esters is 1. The first-order chi connectivity index (χ1) is 15.8. The van der Waals surface area contributed by atoms with Crippen molar-refractivity contribution < 1.29 is 28.1 Å². The minimum absolute atomic E-state index is 0.0833. The first-order valence-electron chi connectivity index (χ1n) is 11.1. The Morgan fingerprint density at radius 2 is 1.55 bits per heavy atom. The molecular formula is C23H31N2O7P. The standard InChI is InChI=1S/C23H31N2O7P/c1-3-4-5-6-7-11-18-30-23(26)19(2)24-33(29,31-21-12-9-8-10-13-21)32-22-16-14-20(15-17-22)25(27)28/h8-10,12-17,19H,3-7,11,18H2,1-2H3,(H,24,29). The molecule has 0 bridgehead atoms. The van der Waals surface area contributed by atoms with Gasteiger partial charge in [0.2, 0.25) is 0 Å². The van der Waals surface area contributed by atoms with Crippen LogP contribution in [-0.4, -0.2) is 23.5 Å². The van der Waals surface area contributed by atoms with Crippen molar-refractivity contribution in [1.29, 1.82) is 0 Å². The average molecular weight is 478 g/mol. The molecule has 0 aliphatic heterocycles. The number of hydrogen-bond acceptors (Lipinski definition) is 7. The van der Waals surface area contributed by atoms with Gasteiger partial charge in [0.05, 0.1) is 11.5 Å². The third-order valence-electron chi connectivity index (χ3n) is 4.69. The highest BCUT2D eigenvalue weighted by atomic mass is 31.2. The van der Waals surface area contributed by atoms with Gasteiger partial charge in [-0.1, -0.05) is 57.2 Å². The largest absolute Gasteiger partial charge is 0.513 e. The van der Waals surface area contributed by atoms with E-state index in [1.807, 2.05) is 0 Å². The van der Waals surface area contributed by atoms with E-state index in [4.69, 9.17) is 13.8 Å². The molecule has 33 heavy (non-hydrogen) atoms. The van der Waals surface area contributed by atoms with Crippen LogP contribution in [0.3, 0.4) is 0 Å². The minimum Gasteiger partial charge on any atom is -0.465 e. The fraction of sp³-hybridized carbons (Fsp3) is 0.435. The maximum absolute atomic E-state index is 13.5. The highest BCUT2D eigenvalue weighted by molar-refractivity contribution is 7.52. The molecule has 0 aliphatic carbocycles. The summed E-state index contributed by atoms with van der Waals surface area (Å²) >= 11 is 0. The Bertz CT molecular complexity index is 922. The van der Waals surface area contributed by atoms with E-state index in [0.29, 0.717) is 0 Å². The summed E-state index contributed by atoms with van der Waals surface area (Å²) in [5.41, 5.74) is -0.138. The van der Waals surface area contributed by atoms with Crippen LogP contribution >= 0.6 is 7.75 Å². The zero-order chi connectivity index (χ0) is 24.1. The van der Waals surface area contributed by atoms with E-state index < -0.39 is 24.7 Å². The lowest BCUT2D eigenvalue weighted by Crippen LogP contribution is -2.36. The highest BCUT2D eigenvalue weighted by Crippen LogP contribution is 2.45. The van der Waals surface area contributed by atoms with Gasteiger partial charge in [0.1, 0.15) is 17.5 Å². The monoisotopic (exact) mass is 478 g/mol. The molecule has 0 spiro atoms. The third-order valence-corrected chi connectivity index (χ3v) is 6.30. The summed E-state index contributed by atoms with van der Waals surface area (Å²) in [7, 11) is -4.09. The van der Waals surface area contributed by atoms with E-state index in [1.165, 1.54) is 50.5 Å². The van der Waals surface area contributed by atoms with Gasteiger partial charge >= 0.3 is 13.7 Å². The molecule has 10 heteroatoms. The van der Waals surface area contributed by atoms with Crippen molar-refractivity contribution in [3.63, 3.8) is 0 Å². The zero-order valence-electron chi connectivity index (χ0n) is 19.0. The number of nitrogens with one attached hydrogen (secondary N) is 1. The number of nitro groups is 1. The molecule has 9 nitrogen and oxygen atoms in total. The molecule has 0 heterocycles. The van der Waals surface area contributed by atoms with Crippen molar-refractivity contribution in [3.8, 4) is 11.5 Å². The molecule has 2 atom stereocenters. The first kappa shape index (κ1) is 26.4. The molecule has 0 radical (unpaired) electrons. The lowest BCUT2D eigenvalue weighted by molar-refractivity contribution is -0.384. The number of carbonyl (C=O) groups is 1. The second kappa shape index (κ2) is 13.6. The molecule has 0 saturated carbocycles. The third kappa shape index (κ3) is 9.63. The van der Waals surface area contributed by atoms with E-state index in [-0.39, 0.29) is 23.8 Å². The number of nitrogens with zero attached hydrogens (tertiary/aromatic N) is 1. The second-order valence-electron chi connectivity index (χ2n) is 7.53. The number of para-hydroxylation sites is 1. The second-order valence-corrected chi connectivity index (χ2v) is 9.15. The lowest BCUT2D eigenvalue weighted by atomic mass is 10.1. The zero-order valence-corrected chi connectivity index (χ0v) is 19.9. The van der Waals surface area contributed by atoms with Gasteiger partial charge < -0.3 is 13.8 Å². The van der Waals surface area contributed by atoms with Crippen LogP contribution in [-0.2, 0) is 14.1 Å². The summed E-state index contributed by atoms with van der Waals surface area (Å²) in [5.74, 6) is -0.226. The summed E-state index contributed by atoms with van der Waals surface area (Å²) in [6.45, 7) is 3.94. The molecule has 0 aliphatic rings. The van der Waals surface area contributed by atoms with E-state index in [0.717, 1.165) is 19.3 Å². The fourth-order valence-corrected chi connectivity index (χ4v) is 4.45. The van der Waals surface area contributed by atoms with Gasteiger partial charge in [-0.05, 0) is 37.6 Å². The molecule has 1 N–H and O–H groups in total. The maximum Gasteiger partial charge on any atom is 0.513 e. The summed E-state index contributed by atoms with van der Waals surface area (Å²) in [6.07, 6.45) is 6.38. The van der Waals surface area contributed by atoms with Gasteiger partial charge in [0, 0.05) is 12.1 Å². The van der Waals surface area contributed by atoms with Crippen LogP contribution in [0.25, 0.3) is 0 Å². The van der Waals surface area contributed by atoms with Gasteiger partial charge in [-0.25, -0.2) is 4.57 Å². The maximum atomic E-state index is 13.5. The Balaban J connectivity index is 2.00. The normalized spacial score (nSPS) is 13.5. The van der Waals surface area contributed by atoms with Crippen LogP contribution in [0.15, 0.2) is 54.6 Å². The summed E-state index contributed by atoms with van der Waals surface area (Å²) in [6, 6.07) is 12.4. The Morgan fingerprint density at radius 3 is 2.15 bits per heavy atom. The molecule has 0 fully saturated rings. The first-order valence-corrected chi connectivity index (χ1v) is 12.6. The number of ether oxygens (including phenoxy) is 1. The topological polar surface area (TPSA) is 117 Å². The molecular weight excluding hydrogens is 447 g/mol. The number of nitro benzene ring substituents is 1. The molecule has 0 saturated heterocycles. The number of unbranched alkanes of at least 4 members (excludes halogenated alkanes) is 5. The number of carbonyl (C=O) groups excluding carboxylic acids is 1. The van der Waals surface area contributed by atoms with Crippen molar-refractivity contribution in [2.75, 3.05) is 6.61 Å². The van der Waals surface area contributed by atoms with Crippen molar-refractivity contribution in [2.45, 2.75) is 58.4 Å². The number of rotatable bonds is 15. The van der Waals surface area contributed by atoms with Crippen LogP contribution in [0.2, 0.25) is 0 Å². The molecule has 2 unspecified atom stereocenters. The SMILES string of the molecule is CCCCCCCCOC(=O)C(C)NP(=O)(Oc1ccccc1)Oc1ccc([N+](=O)[O-])cc1. The lowest BCUT2D eigenvalue weighted by Gasteiger charge is -2.23. The van der Waals surface area contributed by atoms with Crippen LogP contribution in [0.4, 0.5) is 5.69 Å². The smallest absolute Gasteiger partial charge is 0.465 e. The molecule has 2 rings (SSSR count). The van der Waals surface area contributed by atoms with Gasteiger partial charge in [0.25, 0.3) is 5.69 Å². The fourth-order valence-electron chi connectivity index (χ4n) is 2.93. The number of benzene rings is 2. The molecule has 2 aromatic rings. The van der Waals surface area contributed by atoms with Gasteiger partial charge in [-0.15, -0.1) is 0 Å². The van der Waals surface area contributed by atoms with Gasteiger partial charge in [0.15, 0.2) is 0 Å². The van der Waals surface area contributed by atoms with E-state index in [2.05, 4.69) is 12.0 Å². The molecule has 0 amide bonds. The molecule has 0 aromatic heterocycles. The van der Waals surface area contributed by atoms with Crippen molar-refractivity contribution >= 4 is 19.4 Å². The van der Waals surface area contributed by atoms with E-state index in [9.17, 15) is 19.5 Å². The Morgan fingerprint density at radius 1 is 0.970 bits per heavy atom. The highest BCUT2D eigenvalue weighted by Gasteiger charge is 2.34. The number of hydrogen-bond donors (Lipinski definition) is 1. The Kier molecular flexibility index (Phi) is 10.9. The summed E-state index contributed by atoms with van der Waals surface area (Å²) in [4.78, 5) is 22.7. The van der Waals surface area contributed by atoms with Crippen LogP contribution in [0.1, 0.15) is 52.4 Å². The van der Waals surface area contributed by atoms with Gasteiger partial charge in [-0.2, -0.15) is 5.09 Å². The van der Waals surface area contributed by atoms with Crippen LogP contribution < -0.4 is 14.1 Å². The quantitative estimate of drug-likeness (QED) is 0.108. The van der Waals surface area contributed by atoms with Crippen molar-refractivity contribution in [3.05, 3.63) is 64.7 Å². The van der Waals surface area contributed by atoms with Crippen LogP contribution in [0.5, 0.6) is 11.5 Å². The predicted octanol–water partition coefficient (Wildman–Crippen LogP) is 6.04. The van der Waals surface area contributed by atoms with Crippen LogP contribution in [0, 0.1) is 10.1 Å². The molecule has 180 valence electrons. The predicted molar refractivity (Wildman–Crippen MR) is 125 cm³/mol. The number of non-ortho nitro benzene ring substituents is 1. The summed E-state index contributed by atoms with van der Waals surface area (Å²) in [5, 5.41) is 13.5. The summed E-state index contributed by atoms with van der Waals surface area (Å²) < 4.78 is 29.9. The Hall–Kier alpha value is -2.90. The van der Waals surface area contributed by atoms with E-state index >= 15 is 0 Å². The van der Waals surface area contributed by atoms with Crippen molar-refractivity contribution in [1.82, 2.24) is 5.09 Å². The average Bonchev–Trinajstić information content (AvgIpc) is 2.79.